The molecule has 0 spiro atoms. The van der Waals surface area contributed by atoms with Gasteiger partial charge in [0.2, 0.25) is 0 Å². The van der Waals surface area contributed by atoms with E-state index in [1.54, 1.807) is 17.0 Å². The smallest absolute Gasteiger partial charge is 0.254 e. The highest BCUT2D eigenvalue weighted by atomic mass is 16.5. The van der Waals surface area contributed by atoms with Gasteiger partial charge >= 0.3 is 0 Å². The molecule has 1 aliphatic heterocycles. The Morgan fingerprint density at radius 2 is 2.25 bits per heavy atom. The maximum atomic E-state index is 12.4. The van der Waals surface area contributed by atoms with Crippen molar-refractivity contribution in [3.8, 4) is 11.5 Å². The molecule has 6 heteroatoms. The van der Waals surface area contributed by atoms with E-state index in [-0.39, 0.29) is 30.5 Å². The third-order valence-electron chi connectivity index (χ3n) is 3.24. The van der Waals surface area contributed by atoms with Crippen LogP contribution >= 0.6 is 0 Å². The van der Waals surface area contributed by atoms with Crippen LogP contribution in [0.25, 0.3) is 0 Å². The minimum absolute atomic E-state index is 0.0710. The van der Waals surface area contributed by atoms with Crippen LogP contribution in [0.3, 0.4) is 0 Å². The first-order chi connectivity index (χ1) is 9.55. The van der Waals surface area contributed by atoms with E-state index in [1.807, 2.05) is 6.92 Å². The minimum atomic E-state index is -0.366. The zero-order valence-electron chi connectivity index (χ0n) is 11.6. The van der Waals surface area contributed by atoms with Gasteiger partial charge in [-0.3, -0.25) is 4.79 Å². The number of hydrogen-bond acceptors (Lipinski definition) is 5. The fourth-order valence-corrected chi connectivity index (χ4v) is 2.32. The maximum absolute atomic E-state index is 12.4. The summed E-state index contributed by atoms with van der Waals surface area (Å²) in [4.78, 5) is 14.0. The van der Waals surface area contributed by atoms with Crippen LogP contribution in [0.5, 0.6) is 11.5 Å². The van der Waals surface area contributed by atoms with Gasteiger partial charge in [-0.2, -0.15) is 0 Å². The number of nitrogens with zero attached hydrogens (tertiary/aromatic N) is 1. The predicted octanol–water partition coefficient (Wildman–Crippen LogP) is 0.623. The highest BCUT2D eigenvalue weighted by molar-refractivity contribution is 5.95. The van der Waals surface area contributed by atoms with E-state index in [9.17, 15) is 15.0 Å². The maximum Gasteiger partial charge on any atom is 0.254 e. The molecule has 2 unspecified atom stereocenters. The second-order valence-corrected chi connectivity index (χ2v) is 4.85. The third kappa shape index (κ3) is 3.02. The lowest BCUT2D eigenvalue weighted by Crippen LogP contribution is -2.50. The van der Waals surface area contributed by atoms with Gasteiger partial charge in [-0.1, -0.05) is 0 Å². The second-order valence-electron chi connectivity index (χ2n) is 4.85. The molecule has 6 nitrogen and oxygen atoms in total. The van der Waals surface area contributed by atoms with Gasteiger partial charge in [0.1, 0.15) is 0 Å². The fraction of sp³-hybridized carbons (Fsp3) is 0.500. The zero-order chi connectivity index (χ0) is 14.7. The summed E-state index contributed by atoms with van der Waals surface area (Å²) in [5.74, 6) is 0.0556. The normalized spacial score (nSPS) is 22.6. The molecule has 1 aromatic carbocycles. The van der Waals surface area contributed by atoms with Crippen molar-refractivity contribution in [1.82, 2.24) is 4.90 Å². The number of benzene rings is 1. The third-order valence-corrected chi connectivity index (χ3v) is 3.24. The molecule has 1 aromatic rings. The molecular weight excluding hydrogens is 262 g/mol. The molecule has 2 rings (SSSR count). The molecule has 1 heterocycles. The van der Waals surface area contributed by atoms with Gasteiger partial charge in [0.15, 0.2) is 11.5 Å². The molecule has 0 radical (unpaired) electrons. The summed E-state index contributed by atoms with van der Waals surface area (Å²) >= 11 is 0. The van der Waals surface area contributed by atoms with Crippen molar-refractivity contribution in [3.63, 3.8) is 0 Å². The van der Waals surface area contributed by atoms with Crippen molar-refractivity contribution in [2.24, 2.45) is 0 Å². The number of phenols is 1. The van der Waals surface area contributed by atoms with Crippen LogP contribution in [-0.2, 0) is 4.74 Å². The molecule has 1 saturated heterocycles. The van der Waals surface area contributed by atoms with Crippen molar-refractivity contribution >= 4 is 5.91 Å². The summed E-state index contributed by atoms with van der Waals surface area (Å²) in [7, 11) is 1.45. The Hall–Kier alpha value is -1.79. The summed E-state index contributed by atoms with van der Waals surface area (Å²) in [6.07, 6.45) is -0.494. The number of morpholine rings is 1. The lowest BCUT2D eigenvalue weighted by atomic mass is 10.1. The van der Waals surface area contributed by atoms with Gasteiger partial charge in [-0.25, -0.2) is 0 Å². The van der Waals surface area contributed by atoms with Gasteiger partial charge in [0.05, 0.1) is 25.9 Å². The van der Waals surface area contributed by atoms with Gasteiger partial charge in [0.25, 0.3) is 5.91 Å². The van der Waals surface area contributed by atoms with Gasteiger partial charge in [-0.15, -0.1) is 0 Å². The Bertz CT molecular complexity index is 490. The van der Waals surface area contributed by atoms with Crippen molar-refractivity contribution in [3.05, 3.63) is 23.8 Å². The minimum Gasteiger partial charge on any atom is -0.504 e. The first-order valence-electron chi connectivity index (χ1n) is 6.47. The number of carbonyl (C=O) groups is 1. The Labute approximate surface area is 117 Å². The molecule has 0 aromatic heterocycles. The first kappa shape index (κ1) is 14.6. The van der Waals surface area contributed by atoms with Gasteiger partial charge in [0, 0.05) is 18.7 Å². The van der Waals surface area contributed by atoms with E-state index in [1.165, 1.54) is 13.2 Å². The molecule has 1 fully saturated rings. The fourth-order valence-electron chi connectivity index (χ4n) is 2.32. The number of aromatic hydroxyl groups is 1. The highest BCUT2D eigenvalue weighted by Gasteiger charge is 2.28. The molecule has 0 bridgehead atoms. The van der Waals surface area contributed by atoms with Crippen LogP contribution in [0.15, 0.2) is 18.2 Å². The highest BCUT2D eigenvalue weighted by Crippen LogP contribution is 2.27. The number of aliphatic hydroxyl groups is 1. The van der Waals surface area contributed by atoms with Crippen LogP contribution < -0.4 is 4.74 Å². The quantitative estimate of drug-likeness (QED) is 0.849. The number of carbonyl (C=O) groups excluding carboxylic acids is 1. The Morgan fingerprint density at radius 3 is 2.85 bits per heavy atom. The van der Waals surface area contributed by atoms with Crippen molar-refractivity contribution in [2.45, 2.75) is 19.1 Å². The topological polar surface area (TPSA) is 79.2 Å². The number of hydrogen-bond donors (Lipinski definition) is 2. The van der Waals surface area contributed by atoms with Crippen molar-refractivity contribution < 1.29 is 24.5 Å². The molecule has 110 valence electrons. The summed E-state index contributed by atoms with van der Waals surface area (Å²) in [5, 5.41) is 18.9. The molecule has 2 N–H and O–H groups in total. The Balaban J connectivity index is 2.16. The second kappa shape index (κ2) is 6.11. The van der Waals surface area contributed by atoms with Crippen molar-refractivity contribution in [2.75, 3.05) is 26.8 Å². The van der Waals surface area contributed by atoms with Crippen LogP contribution in [0.2, 0.25) is 0 Å². The summed E-state index contributed by atoms with van der Waals surface area (Å²) in [5.41, 5.74) is 0.383. The van der Waals surface area contributed by atoms with E-state index in [2.05, 4.69) is 0 Å². The van der Waals surface area contributed by atoms with E-state index in [0.717, 1.165) is 0 Å². The number of ether oxygens (including phenoxy) is 2. The first-order valence-corrected chi connectivity index (χ1v) is 6.47. The number of methoxy groups -OCH3 is 1. The van der Waals surface area contributed by atoms with Gasteiger partial charge in [-0.05, 0) is 25.1 Å². The van der Waals surface area contributed by atoms with E-state index < -0.39 is 0 Å². The molecule has 1 aliphatic rings. The summed E-state index contributed by atoms with van der Waals surface area (Å²) in [6, 6.07) is 4.54. The monoisotopic (exact) mass is 281 g/mol. The Morgan fingerprint density at radius 1 is 1.50 bits per heavy atom. The summed E-state index contributed by atoms with van der Waals surface area (Å²) in [6.45, 7) is 2.53. The van der Waals surface area contributed by atoms with Crippen LogP contribution in [-0.4, -0.2) is 60.0 Å². The molecular formula is C14H19NO5. The lowest BCUT2D eigenvalue weighted by molar-refractivity contribution is -0.0858. The number of amides is 1. The average molecular weight is 281 g/mol. The summed E-state index contributed by atoms with van der Waals surface area (Å²) < 4.78 is 10.4. The Kier molecular flexibility index (Phi) is 4.46. The van der Waals surface area contributed by atoms with Gasteiger partial charge < -0.3 is 24.6 Å². The van der Waals surface area contributed by atoms with Crippen LogP contribution in [0.4, 0.5) is 0 Å². The predicted molar refractivity (Wildman–Crippen MR) is 72.0 cm³/mol. The largest absolute Gasteiger partial charge is 0.504 e. The molecule has 2 atom stereocenters. The lowest BCUT2D eigenvalue weighted by Gasteiger charge is -2.36. The average Bonchev–Trinajstić information content (AvgIpc) is 2.45. The van der Waals surface area contributed by atoms with E-state index in [0.29, 0.717) is 24.4 Å². The molecule has 1 amide bonds. The zero-order valence-corrected chi connectivity index (χ0v) is 11.6. The van der Waals surface area contributed by atoms with Crippen molar-refractivity contribution in [1.29, 1.82) is 0 Å². The molecule has 0 aliphatic carbocycles. The van der Waals surface area contributed by atoms with E-state index in [4.69, 9.17) is 9.47 Å². The number of phenolic OH excluding ortho intramolecular Hbond substituents is 1. The van der Waals surface area contributed by atoms with Crippen LogP contribution in [0, 0.1) is 0 Å². The number of rotatable bonds is 3. The molecule has 0 saturated carbocycles. The number of aliphatic hydroxyl groups excluding tert-OH is 1. The molecule has 20 heavy (non-hydrogen) atoms. The van der Waals surface area contributed by atoms with E-state index >= 15 is 0 Å². The standard InChI is InChI=1S/C14H19NO5/c1-9-6-15(7-11(8-16)20-9)14(18)10-3-4-13(19-2)12(17)5-10/h3-5,9,11,16-17H,6-8H2,1-2H3. The SMILES string of the molecule is COc1ccc(C(=O)N2CC(C)OC(CO)C2)cc1O. The van der Waals surface area contributed by atoms with Crippen LogP contribution in [0.1, 0.15) is 17.3 Å².